The summed E-state index contributed by atoms with van der Waals surface area (Å²) in [4.78, 5) is 0. The van der Waals surface area contributed by atoms with Crippen LogP contribution in [-0.2, 0) is 6.54 Å². The Morgan fingerprint density at radius 1 is 1.35 bits per heavy atom. The average Bonchev–Trinajstić information content (AvgIpc) is 2.63. The van der Waals surface area contributed by atoms with E-state index in [1.807, 2.05) is 19.1 Å². The Bertz CT molecular complexity index is 437. The molecule has 1 atom stereocenters. The van der Waals surface area contributed by atoms with Gasteiger partial charge >= 0.3 is 0 Å². The van der Waals surface area contributed by atoms with Crippen molar-refractivity contribution in [1.82, 2.24) is 5.32 Å². The number of aliphatic hydroxyl groups excluding tert-OH is 1. The minimum Gasteiger partial charge on any atom is -0.489 e. The Labute approximate surface area is 125 Å². The van der Waals surface area contributed by atoms with Gasteiger partial charge in [-0.2, -0.15) is 0 Å². The van der Waals surface area contributed by atoms with Gasteiger partial charge in [0, 0.05) is 13.0 Å². The van der Waals surface area contributed by atoms with Gasteiger partial charge in [-0.15, -0.1) is 0 Å². The fourth-order valence-electron chi connectivity index (χ4n) is 2.14. The predicted octanol–water partition coefficient (Wildman–Crippen LogP) is 2.75. The Morgan fingerprint density at radius 3 is 2.95 bits per heavy atom. The van der Waals surface area contributed by atoms with Gasteiger partial charge in [-0.3, -0.25) is 0 Å². The number of nitrogens with one attached hydrogen (secondary N) is 1. The number of aliphatic hydroxyl groups is 1. The van der Waals surface area contributed by atoms with Crippen LogP contribution in [0.3, 0.4) is 0 Å². The second-order valence-corrected chi connectivity index (χ2v) is 5.53. The van der Waals surface area contributed by atoms with Crippen molar-refractivity contribution < 1.29 is 14.6 Å². The SMILES string of the molecule is CC(O)CCCNCc1cc(Cl)c2c(c1)OCCCO2. The monoisotopic (exact) mass is 299 g/mol. The molecule has 1 heterocycles. The van der Waals surface area contributed by atoms with Gasteiger partial charge in [0.05, 0.1) is 24.3 Å². The number of ether oxygens (including phenoxy) is 2. The standard InChI is InChI=1S/C15H22ClNO3/c1-11(18)4-2-5-17-10-12-8-13(16)15-14(9-12)19-6-3-7-20-15/h8-9,11,17-18H,2-7,10H2,1H3. The molecule has 0 fully saturated rings. The number of halogens is 1. The van der Waals surface area contributed by atoms with Gasteiger partial charge < -0.3 is 19.9 Å². The van der Waals surface area contributed by atoms with Crippen LogP contribution in [0.5, 0.6) is 11.5 Å². The summed E-state index contributed by atoms with van der Waals surface area (Å²) in [5.74, 6) is 1.39. The van der Waals surface area contributed by atoms with Gasteiger partial charge in [0.25, 0.3) is 0 Å². The summed E-state index contributed by atoms with van der Waals surface area (Å²) < 4.78 is 11.3. The topological polar surface area (TPSA) is 50.7 Å². The van der Waals surface area contributed by atoms with Crippen molar-refractivity contribution in [2.75, 3.05) is 19.8 Å². The lowest BCUT2D eigenvalue weighted by molar-refractivity contribution is 0.181. The summed E-state index contributed by atoms with van der Waals surface area (Å²) in [5, 5.41) is 13.1. The van der Waals surface area contributed by atoms with Crippen molar-refractivity contribution >= 4 is 11.6 Å². The second-order valence-electron chi connectivity index (χ2n) is 5.12. The Morgan fingerprint density at radius 2 is 2.15 bits per heavy atom. The molecule has 0 amide bonds. The van der Waals surface area contributed by atoms with Crippen LogP contribution < -0.4 is 14.8 Å². The fourth-order valence-corrected chi connectivity index (χ4v) is 2.43. The summed E-state index contributed by atoms with van der Waals surface area (Å²) in [5.41, 5.74) is 1.08. The lowest BCUT2D eigenvalue weighted by atomic mass is 10.2. The van der Waals surface area contributed by atoms with Crippen molar-refractivity contribution in [3.05, 3.63) is 22.7 Å². The molecule has 4 nitrogen and oxygen atoms in total. The highest BCUT2D eigenvalue weighted by molar-refractivity contribution is 6.32. The third kappa shape index (κ3) is 4.54. The van der Waals surface area contributed by atoms with E-state index in [0.29, 0.717) is 24.0 Å². The van der Waals surface area contributed by atoms with E-state index in [0.717, 1.165) is 43.7 Å². The van der Waals surface area contributed by atoms with E-state index < -0.39 is 0 Å². The highest BCUT2D eigenvalue weighted by atomic mass is 35.5. The van der Waals surface area contributed by atoms with E-state index in [-0.39, 0.29) is 6.10 Å². The quantitative estimate of drug-likeness (QED) is 0.793. The minimum absolute atomic E-state index is 0.232. The van der Waals surface area contributed by atoms with Crippen molar-refractivity contribution in [3.8, 4) is 11.5 Å². The second kappa shape index (κ2) is 7.72. The van der Waals surface area contributed by atoms with Crippen LogP contribution in [0.1, 0.15) is 31.7 Å². The van der Waals surface area contributed by atoms with Crippen molar-refractivity contribution in [1.29, 1.82) is 0 Å². The Hall–Kier alpha value is -0.970. The first-order chi connectivity index (χ1) is 9.66. The van der Waals surface area contributed by atoms with Crippen LogP contribution in [0.25, 0.3) is 0 Å². The number of benzene rings is 1. The molecule has 0 radical (unpaired) electrons. The molecule has 2 rings (SSSR count). The highest BCUT2D eigenvalue weighted by Crippen LogP contribution is 2.37. The molecule has 112 valence electrons. The molecule has 20 heavy (non-hydrogen) atoms. The zero-order valence-electron chi connectivity index (χ0n) is 11.8. The molecule has 2 N–H and O–H groups in total. The maximum Gasteiger partial charge on any atom is 0.179 e. The van der Waals surface area contributed by atoms with Gasteiger partial charge in [0.2, 0.25) is 0 Å². The molecule has 0 saturated carbocycles. The lowest BCUT2D eigenvalue weighted by Crippen LogP contribution is -2.16. The smallest absolute Gasteiger partial charge is 0.179 e. The molecule has 1 aromatic rings. The molecule has 0 aromatic heterocycles. The summed E-state index contributed by atoms with van der Waals surface area (Å²) >= 11 is 6.24. The van der Waals surface area contributed by atoms with Gasteiger partial charge in [-0.25, -0.2) is 0 Å². The summed E-state index contributed by atoms with van der Waals surface area (Å²) in [6.45, 7) is 4.72. The van der Waals surface area contributed by atoms with Crippen LogP contribution in [0.2, 0.25) is 5.02 Å². The highest BCUT2D eigenvalue weighted by Gasteiger charge is 2.15. The van der Waals surface area contributed by atoms with Crippen molar-refractivity contribution in [3.63, 3.8) is 0 Å². The molecule has 1 aliphatic heterocycles. The molecular formula is C15H22ClNO3. The first-order valence-corrected chi connectivity index (χ1v) is 7.51. The molecule has 5 heteroatoms. The molecular weight excluding hydrogens is 278 g/mol. The van der Waals surface area contributed by atoms with Crippen molar-refractivity contribution in [2.24, 2.45) is 0 Å². The predicted molar refractivity (Wildman–Crippen MR) is 79.7 cm³/mol. The van der Waals surface area contributed by atoms with E-state index in [9.17, 15) is 5.11 Å². The van der Waals surface area contributed by atoms with E-state index in [2.05, 4.69) is 5.32 Å². The fraction of sp³-hybridized carbons (Fsp3) is 0.600. The Kier molecular flexibility index (Phi) is 5.95. The van der Waals surface area contributed by atoms with Crippen LogP contribution in [0, 0.1) is 0 Å². The molecule has 0 aliphatic carbocycles. The molecule has 0 saturated heterocycles. The van der Waals surface area contributed by atoms with Gasteiger partial charge in [-0.05, 0) is 44.0 Å². The summed E-state index contributed by atoms with van der Waals surface area (Å²) in [6, 6.07) is 3.89. The van der Waals surface area contributed by atoms with Crippen LogP contribution in [0.4, 0.5) is 0 Å². The van der Waals surface area contributed by atoms with Crippen molar-refractivity contribution in [2.45, 2.75) is 38.8 Å². The third-order valence-electron chi connectivity index (χ3n) is 3.17. The third-order valence-corrected chi connectivity index (χ3v) is 3.45. The minimum atomic E-state index is -0.232. The largest absolute Gasteiger partial charge is 0.489 e. The molecule has 0 spiro atoms. The average molecular weight is 300 g/mol. The van der Waals surface area contributed by atoms with Gasteiger partial charge in [0.15, 0.2) is 11.5 Å². The first-order valence-electron chi connectivity index (χ1n) is 7.13. The molecule has 0 bridgehead atoms. The summed E-state index contributed by atoms with van der Waals surface area (Å²) in [6.07, 6.45) is 2.41. The van der Waals surface area contributed by atoms with Crippen LogP contribution in [0.15, 0.2) is 12.1 Å². The van der Waals surface area contributed by atoms with E-state index in [1.54, 1.807) is 0 Å². The van der Waals surface area contributed by atoms with Gasteiger partial charge in [0.1, 0.15) is 0 Å². The summed E-state index contributed by atoms with van der Waals surface area (Å²) in [7, 11) is 0. The number of fused-ring (bicyclic) bond motifs is 1. The number of hydrogen-bond acceptors (Lipinski definition) is 4. The molecule has 1 unspecified atom stereocenters. The maximum atomic E-state index is 9.19. The van der Waals surface area contributed by atoms with E-state index >= 15 is 0 Å². The maximum absolute atomic E-state index is 9.19. The zero-order chi connectivity index (χ0) is 14.4. The van der Waals surface area contributed by atoms with Crippen LogP contribution >= 0.6 is 11.6 Å². The van der Waals surface area contributed by atoms with Gasteiger partial charge in [-0.1, -0.05) is 11.6 Å². The van der Waals surface area contributed by atoms with E-state index in [4.69, 9.17) is 21.1 Å². The van der Waals surface area contributed by atoms with Crippen LogP contribution in [-0.4, -0.2) is 31.0 Å². The molecule has 1 aromatic carbocycles. The molecule has 1 aliphatic rings. The lowest BCUT2D eigenvalue weighted by Gasteiger charge is -2.12. The number of hydrogen-bond donors (Lipinski definition) is 2. The normalized spacial score (nSPS) is 15.8. The Balaban J connectivity index is 1.89. The van der Waals surface area contributed by atoms with E-state index in [1.165, 1.54) is 0 Å². The first kappa shape index (κ1) is 15.4. The number of rotatable bonds is 6. The zero-order valence-corrected chi connectivity index (χ0v) is 12.6.